The fourth-order valence-electron chi connectivity index (χ4n) is 3.29. The second-order valence-electron chi connectivity index (χ2n) is 6.75. The van der Waals surface area contributed by atoms with Crippen molar-refractivity contribution in [3.05, 3.63) is 0 Å². The maximum atomic E-state index is 11.6. The summed E-state index contributed by atoms with van der Waals surface area (Å²) in [4.78, 5) is 18.6. The van der Waals surface area contributed by atoms with Crippen molar-refractivity contribution in [1.29, 1.82) is 0 Å². The Morgan fingerprint density at radius 3 is 2.42 bits per heavy atom. The Bertz CT molecular complexity index is 383. The van der Waals surface area contributed by atoms with Crippen molar-refractivity contribution in [1.82, 2.24) is 15.5 Å². The van der Waals surface area contributed by atoms with Crippen LogP contribution in [0.5, 0.6) is 0 Å². The quantitative estimate of drug-likeness (QED) is 0.258. The molecule has 0 spiro atoms. The third-order valence-corrected chi connectivity index (χ3v) is 4.77. The molecule has 0 bridgehead atoms. The van der Waals surface area contributed by atoms with Crippen LogP contribution >= 0.6 is 24.0 Å². The molecular formula is C18H37IN4O. The number of nitrogens with one attached hydrogen (secondary N) is 2. The average molecular weight is 452 g/mol. The number of nitrogens with zero attached hydrogens (tertiary/aromatic N) is 2. The second-order valence-corrected chi connectivity index (χ2v) is 6.75. The molecule has 0 aromatic heterocycles. The van der Waals surface area contributed by atoms with Crippen LogP contribution in [0.3, 0.4) is 0 Å². The summed E-state index contributed by atoms with van der Waals surface area (Å²) in [5, 5.41) is 6.32. The molecule has 1 aliphatic rings. The molecule has 0 saturated carbocycles. The molecule has 1 atom stereocenters. The fraction of sp³-hybridized carbons (Fsp3) is 0.889. The fourth-order valence-corrected chi connectivity index (χ4v) is 3.29. The van der Waals surface area contributed by atoms with Crippen molar-refractivity contribution in [2.24, 2.45) is 22.7 Å². The highest BCUT2D eigenvalue weighted by molar-refractivity contribution is 14.0. The third-order valence-electron chi connectivity index (χ3n) is 4.77. The Kier molecular flexibility index (Phi) is 12.5. The van der Waals surface area contributed by atoms with Crippen molar-refractivity contribution in [3.8, 4) is 0 Å². The molecule has 1 aliphatic heterocycles. The van der Waals surface area contributed by atoms with E-state index in [1.807, 2.05) is 13.8 Å². The van der Waals surface area contributed by atoms with E-state index >= 15 is 0 Å². The summed E-state index contributed by atoms with van der Waals surface area (Å²) in [6.07, 6.45) is 3.80. The first-order valence-corrected chi connectivity index (χ1v) is 9.34. The van der Waals surface area contributed by atoms with Crippen LogP contribution in [-0.2, 0) is 4.79 Å². The Balaban J connectivity index is 0.00000529. The van der Waals surface area contributed by atoms with Gasteiger partial charge in [0.25, 0.3) is 0 Å². The van der Waals surface area contributed by atoms with Gasteiger partial charge in [-0.25, -0.2) is 0 Å². The SMILES string of the molecule is CCNC(=NCCNC(=O)C(C)C)N1CCC(C(CC)CC)C1.I. The summed E-state index contributed by atoms with van der Waals surface area (Å²) in [7, 11) is 0. The van der Waals surface area contributed by atoms with Crippen LogP contribution in [0.2, 0.25) is 0 Å². The molecule has 1 fully saturated rings. The first kappa shape index (κ1) is 23.5. The first-order valence-electron chi connectivity index (χ1n) is 9.34. The van der Waals surface area contributed by atoms with Gasteiger partial charge in [0.05, 0.1) is 6.54 Å². The number of halogens is 1. The molecule has 0 radical (unpaired) electrons. The zero-order valence-electron chi connectivity index (χ0n) is 16.1. The van der Waals surface area contributed by atoms with Crippen molar-refractivity contribution in [2.45, 2.75) is 53.9 Å². The Morgan fingerprint density at radius 1 is 1.21 bits per heavy atom. The minimum absolute atomic E-state index is 0. The van der Waals surface area contributed by atoms with Crippen LogP contribution in [0.4, 0.5) is 0 Å². The maximum Gasteiger partial charge on any atom is 0.222 e. The van der Waals surface area contributed by atoms with Crippen LogP contribution in [0.25, 0.3) is 0 Å². The number of hydrogen-bond acceptors (Lipinski definition) is 2. The predicted octanol–water partition coefficient (Wildman–Crippen LogP) is 3.10. The van der Waals surface area contributed by atoms with E-state index in [9.17, 15) is 4.79 Å². The molecule has 1 unspecified atom stereocenters. The summed E-state index contributed by atoms with van der Waals surface area (Å²) in [5.74, 6) is 2.74. The summed E-state index contributed by atoms with van der Waals surface area (Å²) in [6.45, 7) is 14.8. The zero-order valence-corrected chi connectivity index (χ0v) is 18.4. The lowest BCUT2D eigenvalue weighted by Crippen LogP contribution is -2.41. The van der Waals surface area contributed by atoms with Crippen LogP contribution in [-0.4, -0.2) is 49.5 Å². The number of likely N-dealkylation sites (tertiary alicyclic amines) is 1. The van der Waals surface area contributed by atoms with Gasteiger partial charge < -0.3 is 15.5 Å². The summed E-state index contributed by atoms with van der Waals surface area (Å²) >= 11 is 0. The lowest BCUT2D eigenvalue weighted by atomic mass is 9.87. The molecule has 0 aliphatic carbocycles. The van der Waals surface area contributed by atoms with Crippen molar-refractivity contribution >= 4 is 35.8 Å². The number of rotatable bonds is 8. The summed E-state index contributed by atoms with van der Waals surface area (Å²) in [5.41, 5.74) is 0. The number of carbonyl (C=O) groups excluding carboxylic acids is 1. The van der Waals surface area contributed by atoms with E-state index in [1.165, 1.54) is 19.3 Å². The van der Waals surface area contributed by atoms with Crippen molar-refractivity contribution < 1.29 is 4.79 Å². The summed E-state index contributed by atoms with van der Waals surface area (Å²) in [6, 6.07) is 0. The van der Waals surface area contributed by atoms with Crippen molar-refractivity contribution in [3.63, 3.8) is 0 Å². The maximum absolute atomic E-state index is 11.6. The van der Waals surface area contributed by atoms with Crippen LogP contribution in [0.1, 0.15) is 53.9 Å². The molecule has 24 heavy (non-hydrogen) atoms. The highest BCUT2D eigenvalue weighted by Crippen LogP contribution is 2.28. The molecule has 1 rings (SSSR count). The molecule has 1 heterocycles. The average Bonchev–Trinajstić information content (AvgIpc) is 3.01. The lowest BCUT2D eigenvalue weighted by molar-refractivity contribution is -0.123. The van der Waals surface area contributed by atoms with Gasteiger partial charge in [-0.05, 0) is 25.2 Å². The Morgan fingerprint density at radius 2 is 1.88 bits per heavy atom. The molecule has 0 aromatic carbocycles. The Labute approximate surface area is 165 Å². The minimum Gasteiger partial charge on any atom is -0.357 e. The first-order chi connectivity index (χ1) is 11.0. The highest BCUT2D eigenvalue weighted by Gasteiger charge is 2.29. The minimum atomic E-state index is 0. The lowest BCUT2D eigenvalue weighted by Gasteiger charge is -2.24. The predicted molar refractivity (Wildman–Crippen MR) is 113 cm³/mol. The smallest absolute Gasteiger partial charge is 0.222 e. The molecule has 2 N–H and O–H groups in total. The number of amides is 1. The van der Waals surface area contributed by atoms with Gasteiger partial charge in [0, 0.05) is 32.1 Å². The topological polar surface area (TPSA) is 56.7 Å². The van der Waals surface area contributed by atoms with Gasteiger partial charge >= 0.3 is 0 Å². The third kappa shape index (κ3) is 7.57. The largest absolute Gasteiger partial charge is 0.357 e. The van der Waals surface area contributed by atoms with Gasteiger partial charge in [0.1, 0.15) is 0 Å². The van der Waals surface area contributed by atoms with Crippen LogP contribution in [0.15, 0.2) is 4.99 Å². The number of hydrogen-bond donors (Lipinski definition) is 2. The van der Waals surface area contributed by atoms with Crippen molar-refractivity contribution in [2.75, 3.05) is 32.7 Å². The molecule has 0 aromatic rings. The van der Waals surface area contributed by atoms with Gasteiger partial charge in [-0.1, -0.05) is 40.5 Å². The monoisotopic (exact) mass is 452 g/mol. The number of guanidine groups is 1. The summed E-state index contributed by atoms with van der Waals surface area (Å²) < 4.78 is 0. The van der Waals surface area contributed by atoms with Gasteiger partial charge in [-0.15, -0.1) is 24.0 Å². The molecule has 5 nitrogen and oxygen atoms in total. The van der Waals surface area contributed by atoms with E-state index in [4.69, 9.17) is 0 Å². The van der Waals surface area contributed by atoms with E-state index in [2.05, 4.69) is 41.3 Å². The van der Waals surface area contributed by atoms with Gasteiger partial charge in [0.2, 0.25) is 5.91 Å². The zero-order chi connectivity index (χ0) is 17.2. The molecule has 6 heteroatoms. The number of aliphatic imine (C=N–C) groups is 1. The number of carbonyl (C=O) groups is 1. The van der Waals surface area contributed by atoms with E-state index in [0.717, 1.165) is 37.4 Å². The highest BCUT2D eigenvalue weighted by atomic mass is 127. The van der Waals surface area contributed by atoms with Crippen LogP contribution < -0.4 is 10.6 Å². The molecular weight excluding hydrogens is 415 g/mol. The second kappa shape index (κ2) is 12.8. The normalized spacial score (nSPS) is 18.0. The molecule has 1 saturated heterocycles. The van der Waals surface area contributed by atoms with E-state index in [1.54, 1.807) is 0 Å². The van der Waals surface area contributed by atoms with E-state index < -0.39 is 0 Å². The van der Waals surface area contributed by atoms with Gasteiger partial charge in [-0.3, -0.25) is 9.79 Å². The van der Waals surface area contributed by atoms with Gasteiger partial charge in [0.15, 0.2) is 5.96 Å². The molecule has 1 amide bonds. The standard InChI is InChI=1S/C18H36N4O.HI/c1-6-15(7-2)16-9-12-22(13-16)18(19-8-3)21-11-10-20-17(23)14(4)5;/h14-16H,6-13H2,1-5H3,(H,19,21)(H,20,23);1H. The Hall–Kier alpha value is -0.530. The van der Waals surface area contributed by atoms with E-state index in [-0.39, 0.29) is 35.8 Å². The van der Waals surface area contributed by atoms with Crippen LogP contribution in [0, 0.1) is 17.8 Å². The van der Waals surface area contributed by atoms with Gasteiger partial charge in [-0.2, -0.15) is 0 Å². The molecule has 142 valence electrons. The van der Waals surface area contributed by atoms with E-state index in [0.29, 0.717) is 13.1 Å².